The Labute approximate surface area is 140 Å². The van der Waals surface area contributed by atoms with Crippen molar-refractivity contribution in [2.45, 2.75) is 44.2 Å². The van der Waals surface area contributed by atoms with Gasteiger partial charge in [-0.25, -0.2) is 8.78 Å². The lowest BCUT2D eigenvalue weighted by Gasteiger charge is -2.41. The lowest BCUT2D eigenvalue weighted by molar-refractivity contribution is -0.157. The molecule has 3 rings (SSSR count). The van der Waals surface area contributed by atoms with Crippen molar-refractivity contribution in [1.29, 1.82) is 0 Å². The normalized spacial score (nSPS) is 25.0. The van der Waals surface area contributed by atoms with E-state index in [9.17, 15) is 18.7 Å². The maximum atomic E-state index is 13.2. The van der Waals surface area contributed by atoms with E-state index in [4.69, 9.17) is 0 Å². The van der Waals surface area contributed by atoms with Crippen LogP contribution in [-0.2, 0) is 11.3 Å². The topological polar surface area (TPSA) is 52.6 Å². The van der Waals surface area contributed by atoms with Gasteiger partial charge in [0.25, 0.3) is 5.91 Å². The minimum absolute atomic E-state index is 0.0884. The van der Waals surface area contributed by atoms with Crippen LogP contribution in [-0.4, -0.2) is 41.1 Å². The van der Waals surface area contributed by atoms with Crippen LogP contribution in [0, 0.1) is 17.6 Å². The fourth-order valence-corrected chi connectivity index (χ4v) is 3.52. The van der Waals surface area contributed by atoms with Crippen LogP contribution >= 0.6 is 0 Å². The Hall–Kier alpha value is -1.53. The molecule has 1 heterocycles. The number of aliphatic hydroxyl groups is 1. The summed E-state index contributed by atoms with van der Waals surface area (Å²) in [7, 11) is 0. The molecule has 1 saturated carbocycles. The predicted octanol–water partition coefficient (Wildman–Crippen LogP) is 2.21. The van der Waals surface area contributed by atoms with Gasteiger partial charge in [-0.1, -0.05) is 6.42 Å². The average molecular weight is 338 g/mol. The highest BCUT2D eigenvalue weighted by Crippen LogP contribution is 2.30. The third-order valence-corrected chi connectivity index (χ3v) is 5.08. The van der Waals surface area contributed by atoms with Crippen LogP contribution in [0.3, 0.4) is 0 Å². The van der Waals surface area contributed by atoms with E-state index in [0.29, 0.717) is 24.4 Å². The zero-order valence-corrected chi connectivity index (χ0v) is 13.7. The maximum Gasteiger partial charge on any atom is 0.255 e. The van der Waals surface area contributed by atoms with Gasteiger partial charge in [0.1, 0.15) is 11.6 Å². The van der Waals surface area contributed by atoms with Crippen molar-refractivity contribution in [3.05, 3.63) is 35.4 Å². The Morgan fingerprint density at radius 3 is 2.54 bits per heavy atom. The van der Waals surface area contributed by atoms with Gasteiger partial charge in [-0.2, -0.15) is 0 Å². The van der Waals surface area contributed by atoms with E-state index >= 15 is 0 Å². The summed E-state index contributed by atoms with van der Waals surface area (Å²) in [5, 5.41) is 13.7. The summed E-state index contributed by atoms with van der Waals surface area (Å²) in [4.78, 5) is 14.4. The molecule has 0 aromatic heterocycles. The second kappa shape index (κ2) is 7.15. The standard InChI is InChI=1S/C18H24F2N2O2/c19-15-7-14(8-16(20)9-15)10-21-12-18(24)5-2-6-22(17(18)23)11-13-3-1-4-13/h7-9,13,21,24H,1-6,10-12H2. The van der Waals surface area contributed by atoms with Gasteiger partial charge in [0.2, 0.25) is 0 Å². The Morgan fingerprint density at radius 2 is 1.92 bits per heavy atom. The number of hydrogen-bond acceptors (Lipinski definition) is 3. The SMILES string of the molecule is O=C1N(CC2CCC2)CCCC1(O)CNCc1cc(F)cc(F)c1. The molecule has 2 N–H and O–H groups in total. The number of carbonyl (C=O) groups is 1. The molecule has 1 aromatic rings. The van der Waals surface area contributed by atoms with Gasteiger partial charge in [0.15, 0.2) is 5.60 Å². The van der Waals surface area contributed by atoms with E-state index in [0.717, 1.165) is 31.9 Å². The zero-order valence-electron chi connectivity index (χ0n) is 13.7. The average Bonchev–Trinajstić information content (AvgIpc) is 2.46. The summed E-state index contributed by atoms with van der Waals surface area (Å²) in [5.74, 6) is -0.921. The van der Waals surface area contributed by atoms with E-state index in [-0.39, 0.29) is 19.0 Å². The van der Waals surface area contributed by atoms with Crippen LogP contribution in [0.4, 0.5) is 8.78 Å². The van der Waals surface area contributed by atoms with Gasteiger partial charge in [0, 0.05) is 32.2 Å². The summed E-state index contributed by atoms with van der Waals surface area (Å²) in [5.41, 5.74) is -0.973. The minimum atomic E-state index is -1.42. The number of halogens is 2. The molecule has 2 fully saturated rings. The summed E-state index contributed by atoms with van der Waals surface area (Å²) >= 11 is 0. The molecule has 1 atom stereocenters. The molecule has 1 amide bonds. The van der Waals surface area contributed by atoms with Crippen LogP contribution in [0.5, 0.6) is 0 Å². The largest absolute Gasteiger partial charge is 0.379 e. The monoisotopic (exact) mass is 338 g/mol. The van der Waals surface area contributed by atoms with Crippen LogP contribution in [0.15, 0.2) is 18.2 Å². The Morgan fingerprint density at radius 1 is 1.21 bits per heavy atom. The Kier molecular flexibility index (Phi) is 5.15. The first-order valence-corrected chi connectivity index (χ1v) is 8.64. The summed E-state index contributed by atoms with van der Waals surface area (Å²) in [6, 6.07) is 3.30. The molecule has 1 saturated heterocycles. The van der Waals surface area contributed by atoms with E-state index in [2.05, 4.69) is 5.32 Å². The van der Waals surface area contributed by atoms with Crippen molar-refractivity contribution in [3.63, 3.8) is 0 Å². The zero-order chi connectivity index (χ0) is 17.2. The van der Waals surface area contributed by atoms with E-state index in [1.807, 2.05) is 0 Å². The molecule has 6 heteroatoms. The molecule has 0 bridgehead atoms. The summed E-state index contributed by atoms with van der Waals surface area (Å²) in [6.07, 6.45) is 4.72. The van der Waals surface area contributed by atoms with Crippen molar-refractivity contribution < 1.29 is 18.7 Å². The van der Waals surface area contributed by atoms with Gasteiger partial charge >= 0.3 is 0 Å². The number of nitrogens with one attached hydrogen (secondary N) is 1. The van der Waals surface area contributed by atoms with Crippen molar-refractivity contribution in [2.24, 2.45) is 5.92 Å². The van der Waals surface area contributed by atoms with Crippen molar-refractivity contribution in [3.8, 4) is 0 Å². The van der Waals surface area contributed by atoms with Crippen LogP contribution < -0.4 is 5.32 Å². The number of piperidine rings is 1. The van der Waals surface area contributed by atoms with Gasteiger partial charge in [-0.05, 0) is 49.3 Å². The number of hydrogen-bond donors (Lipinski definition) is 2. The lowest BCUT2D eigenvalue weighted by atomic mass is 9.83. The molecular formula is C18H24F2N2O2. The molecule has 1 aliphatic carbocycles. The fourth-order valence-electron chi connectivity index (χ4n) is 3.52. The Balaban J connectivity index is 1.55. The first-order valence-electron chi connectivity index (χ1n) is 8.64. The molecule has 1 aliphatic heterocycles. The van der Waals surface area contributed by atoms with Crippen molar-refractivity contribution in [2.75, 3.05) is 19.6 Å². The second-order valence-corrected chi connectivity index (χ2v) is 7.06. The number of rotatable bonds is 6. The second-order valence-electron chi connectivity index (χ2n) is 7.06. The van der Waals surface area contributed by atoms with Gasteiger partial charge in [-0.3, -0.25) is 4.79 Å². The number of likely N-dealkylation sites (tertiary alicyclic amines) is 1. The Bertz CT molecular complexity index is 586. The highest BCUT2D eigenvalue weighted by Gasteiger charge is 2.42. The van der Waals surface area contributed by atoms with E-state index in [1.165, 1.54) is 18.6 Å². The molecule has 2 aliphatic rings. The lowest BCUT2D eigenvalue weighted by Crippen LogP contribution is -2.58. The minimum Gasteiger partial charge on any atom is -0.379 e. The van der Waals surface area contributed by atoms with Crippen molar-refractivity contribution >= 4 is 5.91 Å². The van der Waals surface area contributed by atoms with E-state index < -0.39 is 17.2 Å². The number of nitrogens with zero attached hydrogens (tertiary/aromatic N) is 1. The summed E-state index contributed by atoms with van der Waals surface area (Å²) < 4.78 is 26.4. The molecular weight excluding hydrogens is 314 g/mol. The molecule has 1 aromatic carbocycles. The third kappa shape index (κ3) is 3.92. The third-order valence-electron chi connectivity index (χ3n) is 5.08. The predicted molar refractivity (Wildman–Crippen MR) is 86.2 cm³/mol. The highest BCUT2D eigenvalue weighted by atomic mass is 19.1. The number of carbonyl (C=O) groups excluding carboxylic acids is 1. The quantitative estimate of drug-likeness (QED) is 0.836. The highest BCUT2D eigenvalue weighted by molar-refractivity contribution is 5.86. The maximum absolute atomic E-state index is 13.2. The van der Waals surface area contributed by atoms with Crippen molar-refractivity contribution in [1.82, 2.24) is 10.2 Å². The van der Waals surface area contributed by atoms with Gasteiger partial charge in [-0.15, -0.1) is 0 Å². The van der Waals surface area contributed by atoms with E-state index in [1.54, 1.807) is 4.90 Å². The molecule has 1 unspecified atom stereocenters. The number of amides is 1. The van der Waals surface area contributed by atoms with Crippen LogP contribution in [0.1, 0.15) is 37.7 Å². The smallest absolute Gasteiger partial charge is 0.255 e. The first-order chi connectivity index (χ1) is 11.5. The molecule has 0 radical (unpaired) electrons. The molecule has 0 spiro atoms. The van der Waals surface area contributed by atoms with Gasteiger partial charge in [0.05, 0.1) is 0 Å². The first kappa shape index (κ1) is 17.3. The van der Waals surface area contributed by atoms with Crippen LogP contribution in [0.25, 0.3) is 0 Å². The molecule has 4 nitrogen and oxygen atoms in total. The fraction of sp³-hybridized carbons (Fsp3) is 0.611. The molecule has 24 heavy (non-hydrogen) atoms. The van der Waals surface area contributed by atoms with Crippen LogP contribution in [0.2, 0.25) is 0 Å². The number of benzene rings is 1. The molecule has 132 valence electrons. The summed E-state index contributed by atoms with van der Waals surface area (Å²) in [6.45, 7) is 1.72. The van der Waals surface area contributed by atoms with Gasteiger partial charge < -0.3 is 15.3 Å².